The third-order valence-corrected chi connectivity index (χ3v) is 4.35. The van der Waals surface area contributed by atoms with Gasteiger partial charge in [0, 0.05) is 24.7 Å². The molecular formula is C17H28N2. The van der Waals surface area contributed by atoms with E-state index in [1.165, 1.54) is 37.9 Å². The van der Waals surface area contributed by atoms with Gasteiger partial charge >= 0.3 is 0 Å². The van der Waals surface area contributed by atoms with E-state index in [4.69, 9.17) is 0 Å². The van der Waals surface area contributed by atoms with Gasteiger partial charge in [-0.1, -0.05) is 37.3 Å². The minimum Gasteiger partial charge on any atom is -0.311 e. The number of benzene rings is 1. The predicted octanol–water partition coefficient (Wildman–Crippen LogP) is 3.08. The van der Waals surface area contributed by atoms with E-state index in [-0.39, 0.29) is 0 Å². The van der Waals surface area contributed by atoms with Crippen LogP contribution in [-0.2, 0) is 6.42 Å². The van der Waals surface area contributed by atoms with Crippen LogP contribution in [0.3, 0.4) is 0 Å². The normalized spacial score (nSPS) is 23.4. The van der Waals surface area contributed by atoms with Crippen LogP contribution < -0.4 is 5.32 Å². The van der Waals surface area contributed by atoms with Gasteiger partial charge in [-0.25, -0.2) is 0 Å². The Morgan fingerprint density at radius 2 is 2.00 bits per heavy atom. The maximum atomic E-state index is 3.66. The Kier molecular flexibility index (Phi) is 5.00. The van der Waals surface area contributed by atoms with Crippen LogP contribution in [0, 0.1) is 0 Å². The lowest BCUT2D eigenvalue weighted by Crippen LogP contribution is -2.61. The molecule has 0 bridgehead atoms. The Morgan fingerprint density at radius 3 is 2.68 bits per heavy atom. The summed E-state index contributed by atoms with van der Waals surface area (Å²) in [6.45, 7) is 10.5. The molecule has 1 fully saturated rings. The van der Waals surface area contributed by atoms with Gasteiger partial charge in [0.15, 0.2) is 0 Å². The molecule has 2 rings (SSSR count). The Labute approximate surface area is 118 Å². The van der Waals surface area contributed by atoms with Crippen LogP contribution in [0.15, 0.2) is 30.3 Å². The van der Waals surface area contributed by atoms with Crippen molar-refractivity contribution in [2.24, 2.45) is 0 Å². The fourth-order valence-electron chi connectivity index (χ4n) is 2.87. The zero-order chi connectivity index (χ0) is 13.7. The third-order valence-electron chi connectivity index (χ3n) is 4.35. The minimum atomic E-state index is 0.294. The molecule has 1 aromatic carbocycles. The van der Waals surface area contributed by atoms with Gasteiger partial charge in [-0.05, 0) is 45.2 Å². The lowest BCUT2D eigenvalue weighted by atomic mass is 9.96. The predicted molar refractivity (Wildman–Crippen MR) is 82.5 cm³/mol. The van der Waals surface area contributed by atoms with Crippen LogP contribution in [0.5, 0.6) is 0 Å². The molecule has 1 aliphatic heterocycles. The molecular weight excluding hydrogens is 232 g/mol. The highest BCUT2D eigenvalue weighted by Gasteiger charge is 2.32. The molecule has 0 saturated carbocycles. The maximum Gasteiger partial charge on any atom is 0.0278 e. The van der Waals surface area contributed by atoms with E-state index < -0.39 is 0 Å². The summed E-state index contributed by atoms with van der Waals surface area (Å²) in [6, 6.07) is 11.5. The first-order chi connectivity index (χ1) is 9.12. The van der Waals surface area contributed by atoms with E-state index in [0.717, 1.165) is 6.54 Å². The highest BCUT2D eigenvalue weighted by atomic mass is 15.3. The monoisotopic (exact) mass is 260 g/mol. The van der Waals surface area contributed by atoms with Gasteiger partial charge in [0.25, 0.3) is 0 Å². The second-order valence-electron chi connectivity index (χ2n) is 6.33. The molecule has 1 atom stereocenters. The van der Waals surface area contributed by atoms with Crippen molar-refractivity contribution in [2.45, 2.75) is 51.6 Å². The lowest BCUT2D eigenvalue weighted by Gasteiger charge is -2.46. The molecule has 1 N–H and O–H groups in total. The van der Waals surface area contributed by atoms with Crippen LogP contribution >= 0.6 is 0 Å². The van der Waals surface area contributed by atoms with Crippen molar-refractivity contribution in [3.63, 3.8) is 0 Å². The summed E-state index contributed by atoms with van der Waals surface area (Å²) < 4.78 is 0. The first kappa shape index (κ1) is 14.5. The van der Waals surface area contributed by atoms with E-state index in [1.54, 1.807) is 0 Å². The van der Waals surface area contributed by atoms with Gasteiger partial charge in [-0.3, -0.25) is 4.90 Å². The number of nitrogens with zero attached hydrogens (tertiary/aromatic N) is 1. The van der Waals surface area contributed by atoms with Crippen molar-refractivity contribution in [1.29, 1.82) is 0 Å². The fourth-order valence-corrected chi connectivity index (χ4v) is 2.87. The molecule has 2 nitrogen and oxygen atoms in total. The van der Waals surface area contributed by atoms with Crippen molar-refractivity contribution in [3.8, 4) is 0 Å². The van der Waals surface area contributed by atoms with Crippen LogP contribution in [0.4, 0.5) is 0 Å². The standard InChI is InChI=1S/C17H28N2/c1-4-16-13-19(17(2,3)14-18-16)12-8-11-15-9-6-5-7-10-15/h5-7,9-10,16,18H,4,8,11-14H2,1-3H3. The number of piperazine rings is 1. The number of aryl methyl sites for hydroxylation is 1. The van der Waals surface area contributed by atoms with Crippen LogP contribution in [0.2, 0.25) is 0 Å². The van der Waals surface area contributed by atoms with E-state index >= 15 is 0 Å². The molecule has 19 heavy (non-hydrogen) atoms. The smallest absolute Gasteiger partial charge is 0.0278 e. The lowest BCUT2D eigenvalue weighted by molar-refractivity contribution is 0.0642. The van der Waals surface area contributed by atoms with Crippen molar-refractivity contribution >= 4 is 0 Å². The SMILES string of the molecule is CCC1CN(CCCc2ccccc2)C(C)(C)CN1. The molecule has 0 spiro atoms. The first-order valence-corrected chi connectivity index (χ1v) is 7.64. The Balaban J connectivity index is 1.83. The van der Waals surface area contributed by atoms with Crippen LogP contribution in [0.1, 0.15) is 39.2 Å². The molecule has 1 heterocycles. The fraction of sp³-hybridized carbons (Fsp3) is 0.647. The molecule has 1 saturated heterocycles. The molecule has 0 radical (unpaired) electrons. The largest absolute Gasteiger partial charge is 0.311 e. The number of rotatable bonds is 5. The average molecular weight is 260 g/mol. The van der Waals surface area contributed by atoms with E-state index in [2.05, 4.69) is 61.3 Å². The number of nitrogens with one attached hydrogen (secondary N) is 1. The van der Waals surface area contributed by atoms with Gasteiger partial charge in [0.1, 0.15) is 0 Å². The Bertz CT molecular complexity index is 372. The summed E-state index contributed by atoms with van der Waals surface area (Å²) in [5.74, 6) is 0. The zero-order valence-corrected chi connectivity index (χ0v) is 12.7. The Morgan fingerprint density at radius 1 is 1.26 bits per heavy atom. The van der Waals surface area contributed by atoms with Crippen molar-refractivity contribution < 1.29 is 0 Å². The van der Waals surface area contributed by atoms with Gasteiger partial charge < -0.3 is 5.32 Å². The molecule has 0 amide bonds. The molecule has 0 aromatic heterocycles. The second kappa shape index (κ2) is 6.53. The summed E-state index contributed by atoms with van der Waals surface area (Å²) in [7, 11) is 0. The highest BCUT2D eigenvalue weighted by Crippen LogP contribution is 2.20. The number of hydrogen-bond donors (Lipinski definition) is 1. The van der Waals surface area contributed by atoms with E-state index in [1.807, 2.05) is 0 Å². The third kappa shape index (κ3) is 4.05. The maximum absolute atomic E-state index is 3.66. The molecule has 2 heteroatoms. The first-order valence-electron chi connectivity index (χ1n) is 7.64. The van der Waals surface area contributed by atoms with E-state index in [9.17, 15) is 0 Å². The minimum absolute atomic E-state index is 0.294. The molecule has 1 aliphatic rings. The van der Waals surface area contributed by atoms with Crippen molar-refractivity contribution in [1.82, 2.24) is 10.2 Å². The molecule has 1 unspecified atom stereocenters. The molecule has 106 valence electrons. The summed E-state index contributed by atoms with van der Waals surface area (Å²) in [4.78, 5) is 2.67. The summed E-state index contributed by atoms with van der Waals surface area (Å²) >= 11 is 0. The number of hydrogen-bond acceptors (Lipinski definition) is 2. The van der Waals surface area contributed by atoms with Gasteiger partial charge in [-0.15, -0.1) is 0 Å². The summed E-state index contributed by atoms with van der Waals surface area (Å²) in [6.07, 6.45) is 3.67. The Hall–Kier alpha value is -0.860. The van der Waals surface area contributed by atoms with Crippen LogP contribution in [0.25, 0.3) is 0 Å². The van der Waals surface area contributed by atoms with Gasteiger partial charge in [0.2, 0.25) is 0 Å². The zero-order valence-electron chi connectivity index (χ0n) is 12.7. The van der Waals surface area contributed by atoms with E-state index in [0.29, 0.717) is 11.6 Å². The summed E-state index contributed by atoms with van der Waals surface area (Å²) in [5.41, 5.74) is 1.75. The second-order valence-corrected chi connectivity index (χ2v) is 6.33. The molecule has 0 aliphatic carbocycles. The van der Waals surface area contributed by atoms with Crippen molar-refractivity contribution in [2.75, 3.05) is 19.6 Å². The van der Waals surface area contributed by atoms with Crippen molar-refractivity contribution in [3.05, 3.63) is 35.9 Å². The summed E-state index contributed by atoms with van der Waals surface area (Å²) in [5, 5.41) is 3.66. The quantitative estimate of drug-likeness (QED) is 0.875. The highest BCUT2D eigenvalue weighted by molar-refractivity contribution is 5.14. The van der Waals surface area contributed by atoms with Gasteiger partial charge in [-0.2, -0.15) is 0 Å². The average Bonchev–Trinajstić information content (AvgIpc) is 2.42. The van der Waals surface area contributed by atoms with Gasteiger partial charge in [0.05, 0.1) is 0 Å². The topological polar surface area (TPSA) is 15.3 Å². The van der Waals surface area contributed by atoms with Crippen LogP contribution in [-0.4, -0.2) is 36.1 Å². The molecule has 1 aromatic rings.